The van der Waals surface area contributed by atoms with Crippen molar-refractivity contribution in [3.63, 3.8) is 0 Å². The molecule has 0 saturated carbocycles. The van der Waals surface area contributed by atoms with Gasteiger partial charge in [-0.25, -0.2) is 5.84 Å². The van der Waals surface area contributed by atoms with Gasteiger partial charge in [0.15, 0.2) is 6.61 Å². The fourth-order valence-corrected chi connectivity index (χ4v) is 2.85. The van der Waals surface area contributed by atoms with E-state index in [2.05, 4.69) is 5.43 Å². The van der Waals surface area contributed by atoms with E-state index in [1.54, 1.807) is 23.6 Å². The first-order valence-electron chi connectivity index (χ1n) is 6.19. The van der Waals surface area contributed by atoms with Crippen LogP contribution in [0.2, 0.25) is 0 Å². The molecule has 3 rings (SSSR count). The smallest absolute Gasteiger partial charge is 0.275 e. The topological polar surface area (TPSA) is 90.7 Å². The molecule has 1 aromatic carbocycles. The third kappa shape index (κ3) is 2.61. The number of amides is 1. The highest BCUT2D eigenvalue weighted by Gasteiger charge is 2.21. The number of hydrazine groups is 1. The molecule has 2 aromatic rings. The molecule has 108 valence electrons. The van der Waals surface area contributed by atoms with E-state index in [0.717, 1.165) is 5.56 Å². The molecule has 0 unspecified atom stereocenters. The number of benzene rings is 1. The van der Waals surface area contributed by atoms with Crippen LogP contribution < -0.4 is 20.7 Å². The van der Waals surface area contributed by atoms with Crippen molar-refractivity contribution in [3.05, 3.63) is 45.6 Å². The molecule has 0 radical (unpaired) electrons. The summed E-state index contributed by atoms with van der Waals surface area (Å²) >= 11 is 1.30. The van der Waals surface area contributed by atoms with E-state index in [4.69, 9.17) is 15.3 Å². The summed E-state index contributed by atoms with van der Waals surface area (Å²) in [5, 5.41) is 1.80. The predicted octanol–water partition coefficient (Wildman–Crippen LogP) is 1.51. The van der Waals surface area contributed by atoms with E-state index in [1.165, 1.54) is 11.3 Å². The molecule has 1 amide bonds. The Balaban J connectivity index is 1.73. The fraction of sp³-hybridized carbons (Fsp3) is 0.143. The highest BCUT2D eigenvalue weighted by Crippen LogP contribution is 2.30. The van der Waals surface area contributed by atoms with Crippen LogP contribution in [0, 0.1) is 0 Å². The number of carbonyl (C=O) groups is 2. The Labute approximate surface area is 124 Å². The number of fused-ring (bicyclic) bond motifs is 1. The molecule has 21 heavy (non-hydrogen) atoms. The summed E-state index contributed by atoms with van der Waals surface area (Å²) < 4.78 is 10.9. The van der Waals surface area contributed by atoms with Crippen LogP contribution in [-0.2, 0) is 6.61 Å². The van der Waals surface area contributed by atoms with E-state index in [-0.39, 0.29) is 24.9 Å². The maximum atomic E-state index is 11.6. The second-order valence-electron chi connectivity index (χ2n) is 4.41. The average molecular weight is 304 g/mol. The number of Topliss-reactive ketones (excluding diaryl/α,β-unsaturated/α-hetero) is 1. The van der Waals surface area contributed by atoms with Crippen LogP contribution in [0.4, 0.5) is 0 Å². The molecule has 0 atom stereocenters. The van der Waals surface area contributed by atoms with Gasteiger partial charge in [-0.1, -0.05) is 0 Å². The molecule has 1 aliphatic rings. The zero-order valence-electron chi connectivity index (χ0n) is 10.9. The van der Waals surface area contributed by atoms with Crippen molar-refractivity contribution < 1.29 is 19.1 Å². The zero-order chi connectivity index (χ0) is 14.8. The van der Waals surface area contributed by atoms with Gasteiger partial charge in [0.2, 0.25) is 5.78 Å². The number of ketones is 1. The minimum Gasteiger partial charge on any atom is -0.489 e. The van der Waals surface area contributed by atoms with Crippen molar-refractivity contribution in [3.8, 4) is 11.5 Å². The summed E-state index contributed by atoms with van der Waals surface area (Å²) in [7, 11) is 0. The second-order valence-corrected chi connectivity index (χ2v) is 5.32. The lowest BCUT2D eigenvalue weighted by atomic mass is 10.1. The van der Waals surface area contributed by atoms with Gasteiger partial charge in [0.05, 0.1) is 10.4 Å². The maximum absolute atomic E-state index is 11.6. The van der Waals surface area contributed by atoms with Gasteiger partial charge in [-0.2, -0.15) is 0 Å². The van der Waals surface area contributed by atoms with E-state index < -0.39 is 0 Å². The first-order valence-corrected chi connectivity index (χ1v) is 7.07. The molecular weight excluding hydrogens is 292 g/mol. The third-order valence-corrected chi connectivity index (χ3v) is 4.05. The fourth-order valence-electron chi connectivity index (χ4n) is 2.04. The molecular formula is C14H12N2O4S. The molecule has 0 bridgehead atoms. The molecule has 0 saturated heterocycles. The summed E-state index contributed by atoms with van der Waals surface area (Å²) in [6, 6.07) is 6.87. The van der Waals surface area contributed by atoms with Crippen LogP contribution in [0.5, 0.6) is 11.5 Å². The number of rotatable bonds is 4. The Morgan fingerprint density at radius 2 is 2.29 bits per heavy atom. The Kier molecular flexibility index (Phi) is 3.59. The number of ether oxygens (including phenoxy) is 2. The molecule has 1 aliphatic heterocycles. The highest BCUT2D eigenvalue weighted by molar-refractivity contribution is 7.12. The van der Waals surface area contributed by atoms with Crippen LogP contribution in [0.3, 0.4) is 0 Å². The minimum atomic E-state index is -0.341. The number of carbonyl (C=O) groups excluding carboxylic acids is 2. The Hall–Kier alpha value is -2.38. The highest BCUT2D eigenvalue weighted by atomic mass is 32.1. The van der Waals surface area contributed by atoms with Gasteiger partial charge in [0.25, 0.3) is 5.91 Å². The number of thiophene rings is 1. The lowest BCUT2D eigenvalue weighted by Crippen LogP contribution is -2.30. The van der Waals surface area contributed by atoms with Crippen molar-refractivity contribution >= 4 is 23.0 Å². The van der Waals surface area contributed by atoms with Crippen molar-refractivity contribution in [2.45, 2.75) is 6.61 Å². The van der Waals surface area contributed by atoms with Gasteiger partial charge >= 0.3 is 0 Å². The van der Waals surface area contributed by atoms with E-state index in [9.17, 15) is 9.59 Å². The first kappa shape index (κ1) is 13.6. The molecule has 0 aliphatic carbocycles. The molecule has 1 aromatic heterocycles. The zero-order valence-corrected chi connectivity index (χ0v) is 11.7. The lowest BCUT2D eigenvalue weighted by molar-refractivity contribution is 0.0950. The first-order chi connectivity index (χ1) is 10.2. The number of hydrogen-bond acceptors (Lipinski definition) is 6. The van der Waals surface area contributed by atoms with Crippen LogP contribution in [-0.4, -0.2) is 18.3 Å². The van der Waals surface area contributed by atoms with Gasteiger partial charge in [-0.3, -0.25) is 15.0 Å². The molecule has 0 fully saturated rings. The van der Waals surface area contributed by atoms with E-state index in [1.807, 2.05) is 6.07 Å². The maximum Gasteiger partial charge on any atom is 0.275 e. The van der Waals surface area contributed by atoms with Crippen LogP contribution in [0.1, 0.15) is 25.6 Å². The predicted molar refractivity (Wildman–Crippen MR) is 76.6 cm³/mol. The monoisotopic (exact) mass is 304 g/mol. The Morgan fingerprint density at radius 1 is 1.43 bits per heavy atom. The molecule has 6 nitrogen and oxygen atoms in total. The van der Waals surface area contributed by atoms with Crippen LogP contribution in [0.25, 0.3) is 0 Å². The van der Waals surface area contributed by atoms with Crippen LogP contribution in [0.15, 0.2) is 29.6 Å². The summed E-state index contributed by atoms with van der Waals surface area (Å²) in [5.74, 6) is 5.87. The largest absolute Gasteiger partial charge is 0.489 e. The minimum absolute atomic E-state index is 0.0312. The van der Waals surface area contributed by atoms with Crippen molar-refractivity contribution in [1.82, 2.24) is 5.43 Å². The summed E-state index contributed by atoms with van der Waals surface area (Å²) in [4.78, 5) is 23.5. The number of nitrogens with two attached hydrogens (primary N) is 1. The quantitative estimate of drug-likeness (QED) is 0.507. The normalized spacial score (nSPS) is 12.7. The van der Waals surface area contributed by atoms with Gasteiger partial charge in [0, 0.05) is 11.6 Å². The summed E-state index contributed by atoms with van der Waals surface area (Å²) in [6.07, 6.45) is 0. The van der Waals surface area contributed by atoms with Crippen molar-refractivity contribution in [2.75, 3.05) is 6.61 Å². The summed E-state index contributed by atoms with van der Waals surface area (Å²) in [5.41, 5.74) is 3.42. The average Bonchev–Trinajstić information content (AvgIpc) is 3.11. The van der Waals surface area contributed by atoms with Gasteiger partial charge in [0.1, 0.15) is 18.1 Å². The Morgan fingerprint density at radius 3 is 3.10 bits per heavy atom. The molecule has 0 spiro atoms. The third-order valence-electron chi connectivity index (χ3n) is 3.09. The number of nitrogen functional groups attached to an aromatic ring is 1. The van der Waals surface area contributed by atoms with Crippen molar-refractivity contribution in [1.29, 1.82) is 0 Å². The van der Waals surface area contributed by atoms with Gasteiger partial charge in [-0.15, -0.1) is 11.3 Å². The standard InChI is InChI=1S/C14H12N2O4S/c15-16-14(18)13-8(3-4-21-13)6-19-9-1-2-10-11(17)7-20-12(10)5-9/h1-5H,6-7,15H2,(H,16,18). The van der Waals surface area contributed by atoms with Crippen LogP contribution >= 0.6 is 11.3 Å². The Bertz CT molecular complexity index is 711. The second kappa shape index (κ2) is 5.55. The van der Waals surface area contributed by atoms with E-state index in [0.29, 0.717) is 21.9 Å². The van der Waals surface area contributed by atoms with Crippen molar-refractivity contribution in [2.24, 2.45) is 5.84 Å². The molecule has 7 heteroatoms. The van der Waals surface area contributed by atoms with Gasteiger partial charge in [-0.05, 0) is 23.6 Å². The SMILES string of the molecule is NNC(=O)c1sccc1COc1ccc2c(c1)OCC2=O. The molecule has 3 N–H and O–H groups in total. The lowest BCUT2D eigenvalue weighted by Gasteiger charge is -2.08. The van der Waals surface area contributed by atoms with Gasteiger partial charge < -0.3 is 9.47 Å². The number of nitrogens with one attached hydrogen (secondary N) is 1. The molecule has 2 heterocycles. The summed E-state index contributed by atoms with van der Waals surface area (Å²) in [6.45, 7) is 0.309. The van der Waals surface area contributed by atoms with E-state index >= 15 is 0 Å². The number of hydrogen-bond donors (Lipinski definition) is 2.